The molecule has 0 saturated heterocycles. The Morgan fingerprint density at radius 3 is 2.57 bits per heavy atom. The summed E-state index contributed by atoms with van der Waals surface area (Å²) in [4.78, 5) is 20.2. The van der Waals surface area contributed by atoms with Crippen molar-refractivity contribution in [2.75, 3.05) is 5.32 Å². The average molecular weight is 414 g/mol. The second-order valence-corrected chi connectivity index (χ2v) is 7.46. The molecule has 1 aliphatic rings. The molecule has 0 spiro atoms. The van der Waals surface area contributed by atoms with Crippen molar-refractivity contribution in [3.8, 4) is 0 Å². The summed E-state index contributed by atoms with van der Waals surface area (Å²) >= 11 is 0. The number of pyridine rings is 2. The zero-order valence-corrected chi connectivity index (χ0v) is 16.1. The predicted molar refractivity (Wildman–Crippen MR) is 108 cm³/mol. The number of rotatable bonds is 4. The maximum Gasteiger partial charge on any atom is 0.433 e. The van der Waals surface area contributed by atoms with Crippen LogP contribution in [0.15, 0.2) is 54.7 Å². The van der Waals surface area contributed by atoms with E-state index in [1.807, 2.05) is 0 Å². The van der Waals surface area contributed by atoms with E-state index in [2.05, 4.69) is 20.6 Å². The van der Waals surface area contributed by atoms with E-state index < -0.39 is 11.9 Å². The van der Waals surface area contributed by atoms with Crippen LogP contribution < -0.4 is 10.6 Å². The molecule has 4 rings (SSSR count). The first-order valence-electron chi connectivity index (χ1n) is 9.85. The highest BCUT2D eigenvalue weighted by Crippen LogP contribution is 2.34. The Labute approximate surface area is 171 Å². The number of hydrogen-bond acceptors (Lipinski definition) is 4. The summed E-state index contributed by atoms with van der Waals surface area (Å²) in [6.45, 7) is 0. The summed E-state index contributed by atoms with van der Waals surface area (Å²) < 4.78 is 39.9. The molecule has 156 valence electrons. The van der Waals surface area contributed by atoms with Crippen LogP contribution >= 0.6 is 0 Å². The first kappa shape index (κ1) is 20.1. The highest BCUT2D eigenvalue weighted by Gasteiger charge is 2.34. The first-order valence-corrected chi connectivity index (χ1v) is 9.85. The monoisotopic (exact) mass is 414 g/mol. The van der Waals surface area contributed by atoms with Crippen molar-refractivity contribution in [3.63, 3.8) is 0 Å². The number of carbonyl (C=O) groups is 1. The molecule has 3 aromatic rings. The SMILES string of the molecule is O=C(N[C@@H]1CCC[C@H](Nc2cc(C(F)(F)F)nc3ccccc23)C1)c1ccccn1. The van der Waals surface area contributed by atoms with E-state index in [0.717, 1.165) is 25.3 Å². The second kappa shape index (κ2) is 8.30. The molecular weight excluding hydrogens is 393 g/mol. The fourth-order valence-corrected chi connectivity index (χ4v) is 3.87. The molecule has 0 unspecified atom stereocenters. The van der Waals surface area contributed by atoms with Gasteiger partial charge in [0.2, 0.25) is 0 Å². The molecule has 2 atom stereocenters. The largest absolute Gasteiger partial charge is 0.433 e. The van der Waals surface area contributed by atoms with Crippen LogP contribution in [0.1, 0.15) is 41.9 Å². The number of anilines is 1. The van der Waals surface area contributed by atoms with Gasteiger partial charge in [-0.05, 0) is 49.9 Å². The van der Waals surface area contributed by atoms with Crippen molar-refractivity contribution < 1.29 is 18.0 Å². The summed E-state index contributed by atoms with van der Waals surface area (Å²) in [7, 11) is 0. The Morgan fingerprint density at radius 1 is 1.03 bits per heavy atom. The van der Waals surface area contributed by atoms with Crippen molar-refractivity contribution in [2.45, 2.75) is 43.9 Å². The summed E-state index contributed by atoms with van der Waals surface area (Å²) in [6.07, 6.45) is 0.158. The maximum atomic E-state index is 13.3. The second-order valence-electron chi connectivity index (χ2n) is 7.46. The molecular formula is C22H21F3N4O. The number of alkyl halides is 3. The number of amides is 1. The molecule has 1 aliphatic carbocycles. The Hall–Kier alpha value is -3.16. The Morgan fingerprint density at radius 2 is 1.80 bits per heavy atom. The molecule has 2 heterocycles. The van der Waals surface area contributed by atoms with Crippen LogP contribution in [0.3, 0.4) is 0 Å². The van der Waals surface area contributed by atoms with Crippen molar-refractivity contribution >= 4 is 22.5 Å². The van der Waals surface area contributed by atoms with Gasteiger partial charge in [-0.1, -0.05) is 24.3 Å². The van der Waals surface area contributed by atoms with Gasteiger partial charge in [-0.25, -0.2) is 4.98 Å². The lowest BCUT2D eigenvalue weighted by atomic mass is 9.90. The number of nitrogens with one attached hydrogen (secondary N) is 2. The minimum Gasteiger partial charge on any atom is -0.382 e. The van der Waals surface area contributed by atoms with Crippen molar-refractivity contribution in [1.29, 1.82) is 0 Å². The summed E-state index contributed by atoms with van der Waals surface area (Å²) in [5, 5.41) is 6.91. The zero-order valence-electron chi connectivity index (χ0n) is 16.1. The molecule has 2 N–H and O–H groups in total. The third-order valence-corrected chi connectivity index (χ3v) is 5.27. The molecule has 0 radical (unpaired) electrons. The number of carbonyl (C=O) groups excluding carboxylic acids is 1. The van der Waals surface area contributed by atoms with Gasteiger partial charge in [-0.15, -0.1) is 0 Å². The van der Waals surface area contributed by atoms with Gasteiger partial charge >= 0.3 is 6.18 Å². The van der Waals surface area contributed by atoms with Crippen LogP contribution in [-0.2, 0) is 6.18 Å². The van der Waals surface area contributed by atoms with Crippen LogP contribution in [0.4, 0.5) is 18.9 Å². The zero-order chi connectivity index (χ0) is 21.1. The minimum atomic E-state index is -4.52. The normalized spacial score (nSPS) is 19.4. The van der Waals surface area contributed by atoms with Gasteiger partial charge in [-0.3, -0.25) is 9.78 Å². The quantitative estimate of drug-likeness (QED) is 0.644. The fourth-order valence-electron chi connectivity index (χ4n) is 3.87. The van der Waals surface area contributed by atoms with Crippen LogP contribution in [0.25, 0.3) is 10.9 Å². The van der Waals surface area contributed by atoms with E-state index in [9.17, 15) is 18.0 Å². The van der Waals surface area contributed by atoms with Crippen molar-refractivity contribution in [3.05, 3.63) is 66.1 Å². The number of nitrogens with zero attached hydrogens (tertiary/aromatic N) is 2. The summed E-state index contributed by atoms with van der Waals surface area (Å²) in [6, 6.07) is 12.9. The van der Waals surface area contributed by atoms with Crippen LogP contribution in [0.5, 0.6) is 0 Å². The highest BCUT2D eigenvalue weighted by molar-refractivity contribution is 5.92. The molecule has 1 amide bonds. The van der Waals surface area contributed by atoms with Gasteiger partial charge < -0.3 is 10.6 Å². The lowest BCUT2D eigenvalue weighted by molar-refractivity contribution is -0.140. The number of benzene rings is 1. The summed E-state index contributed by atoms with van der Waals surface area (Å²) in [5.41, 5.74) is 0.141. The topological polar surface area (TPSA) is 66.9 Å². The first-order chi connectivity index (χ1) is 14.4. The Bertz CT molecular complexity index is 1040. The summed E-state index contributed by atoms with van der Waals surface area (Å²) in [5.74, 6) is -0.241. The maximum absolute atomic E-state index is 13.3. The van der Waals surface area contributed by atoms with Crippen molar-refractivity contribution in [1.82, 2.24) is 15.3 Å². The van der Waals surface area contributed by atoms with Gasteiger partial charge in [0.05, 0.1) is 5.52 Å². The van der Waals surface area contributed by atoms with Crippen molar-refractivity contribution in [2.24, 2.45) is 0 Å². The number of halogens is 3. The smallest absolute Gasteiger partial charge is 0.382 e. The number of aromatic nitrogens is 2. The van der Waals surface area contributed by atoms with Crippen LogP contribution in [0.2, 0.25) is 0 Å². The van der Waals surface area contributed by atoms with Crippen LogP contribution in [-0.4, -0.2) is 28.0 Å². The van der Waals surface area contributed by atoms with Gasteiger partial charge in [0.1, 0.15) is 11.4 Å². The van der Waals surface area contributed by atoms with Gasteiger partial charge in [0.25, 0.3) is 5.91 Å². The molecule has 5 nitrogen and oxygen atoms in total. The minimum absolute atomic E-state index is 0.0559. The predicted octanol–water partition coefficient (Wildman–Crippen LogP) is 4.80. The van der Waals surface area contributed by atoms with E-state index in [-0.39, 0.29) is 18.0 Å². The molecule has 1 aromatic carbocycles. The standard InChI is InChI=1S/C22H21F3N4O/c23-22(24,25)20-13-19(16-8-1-2-9-17(16)29-20)27-14-6-5-7-15(12-14)28-21(30)18-10-3-4-11-26-18/h1-4,8-11,13-15H,5-7,12H2,(H,27,29)(H,28,30)/t14-,15+/m0/s1. The third kappa shape index (κ3) is 4.53. The van der Waals surface area contributed by atoms with E-state index >= 15 is 0 Å². The lowest BCUT2D eigenvalue weighted by Crippen LogP contribution is -2.42. The van der Waals surface area contributed by atoms with E-state index in [4.69, 9.17) is 0 Å². The van der Waals surface area contributed by atoms with Gasteiger partial charge in [0, 0.05) is 29.4 Å². The molecule has 0 bridgehead atoms. The number of fused-ring (bicyclic) bond motifs is 1. The number of hydrogen-bond donors (Lipinski definition) is 2. The van der Waals surface area contributed by atoms with Gasteiger partial charge in [0.15, 0.2) is 0 Å². The fraction of sp³-hybridized carbons (Fsp3) is 0.318. The lowest BCUT2D eigenvalue weighted by Gasteiger charge is -2.31. The van der Waals surface area contributed by atoms with E-state index in [1.54, 1.807) is 48.7 Å². The van der Waals surface area contributed by atoms with E-state index in [0.29, 0.717) is 28.7 Å². The third-order valence-electron chi connectivity index (χ3n) is 5.27. The van der Waals surface area contributed by atoms with E-state index in [1.165, 1.54) is 0 Å². The molecule has 1 saturated carbocycles. The molecule has 8 heteroatoms. The molecule has 2 aromatic heterocycles. The highest BCUT2D eigenvalue weighted by atomic mass is 19.4. The molecule has 1 fully saturated rings. The molecule has 30 heavy (non-hydrogen) atoms. The molecule has 0 aliphatic heterocycles. The Kier molecular flexibility index (Phi) is 5.57. The van der Waals surface area contributed by atoms with Crippen LogP contribution in [0, 0.1) is 0 Å². The van der Waals surface area contributed by atoms with Gasteiger partial charge in [-0.2, -0.15) is 13.2 Å². The Balaban J connectivity index is 1.51. The number of para-hydroxylation sites is 1. The average Bonchev–Trinajstić information content (AvgIpc) is 2.74.